The van der Waals surface area contributed by atoms with Crippen molar-refractivity contribution in [2.45, 2.75) is 26.0 Å². The monoisotopic (exact) mass is 381 g/mol. The zero-order chi connectivity index (χ0) is 19.9. The molecule has 0 saturated carbocycles. The summed E-state index contributed by atoms with van der Waals surface area (Å²) in [7, 11) is 0. The number of ether oxygens (including phenoxy) is 1. The van der Waals surface area contributed by atoms with Crippen molar-refractivity contribution in [2.24, 2.45) is 0 Å². The first-order valence-corrected chi connectivity index (χ1v) is 8.68. The maximum absolute atomic E-state index is 12.8. The average molecular weight is 381 g/mol. The molecule has 1 unspecified atom stereocenters. The van der Waals surface area contributed by atoms with Gasteiger partial charge in [0.05, 0.1) is 5.69 Å². The number of aliphatic carboxylic acids is 1. The van der Waals surface area contributed by atoms with Gasteiger partial charge in [-0.2, -0.15) is 4.68 Å². The normalized spacial score (nSPS) is 11.6. The Morgan fingerprint density at radius 3 is 2.36 bits per heavy atom. The number of tetrazole rings is 1. The van der Waals surface area contributed by atoms with Gasteiger partial charge in [0.1, 0.15) is 12.6 Å². The first-order valence-electron chi connectivity index (χ1n) is 8.68. The van der Waals surface area contributed by atoms with Gasteiger partial charge in [0, 0.05) is 0 Å². The number of aromatic nitrogens is 4. The van der Waals surface area contributed by atoms with E-state index in [1.165, 1.54) is 4.68 Å². The molecule has 0 fully saturated rings. The number of rotatable bonds is 7. The van der Waals surface area contributed by atoms with E-state index in [2.05, 4.69) is 15.5 Å². The Balaban J connectivity index is 1.93. The molecule has 0 radical (unpaired) electrons. The number of anilines is 1. The first kappa shape index (κ1) is 19.0. The topological polar surface area (TPSA) is 110 Å². The second kappa shape index (κ2) is 8.76. The molecule has 0 spiro atoms. The lowest BCUT2D eigenvalue weighted by Gasteiger charge is -2.25. The van der Waals surface area contributed by atoms with Gasteiger partial charge in [-0.3, -0.25) is 0 Å². The van der Waals surface area contributed by atoms with Gasteiger partial charge in [0.15, 0.2) is 0 Å². The number of carboxylic acids is 1. The standard InChI is InChI=1S/C19H19N5O4/c1-2-16(17(25)26)23(19(27)28-13-14-9-5-3-6-10-14)18-20-21-22-24(18)15-11-7-4-8-12-15/h3-12,16H,2,13H2,1H3,(H,25,26). The average Bonchev–Trinajstić information content (AvgIpc) is 3.20. The van der Waals surface area contributed by atoms with Crippen LogP contribution in [-0.4, -0.2) is 43.4 Å². The van der Waals surface area contributed by atoms with Crippen molar-refractivity contribution in [3.63, 3.8) is 0 Å². The Labute approximate surface area is 161 Å². The molecule has 0 saturated heterocycles. The number of para-hydroxylation sites is 1. The zero-order valence-electron chi connectivity index (χ0n) is 15.2. The Bertz CT molecular complexity index is 930. The maximum Gasteiger partial charge on any atom is 0.417 e. The molecule has 28 heavy (non-hydrogen) atoms. The van der Waals surface area contributed by atoms with Crippen LogP contribution in [0.1, 0.15) is 18.9 Å². The fraction of sp³-hybridized carbons (Fsp3) is 0.211. The summed E-state index contributed by atoms with van der Waals surface area (Å²) in [5.74, 6) is -1.21. The van der Waals surface area contributed by atoms with Crippen LogP contribution in [0.5, 0.6) is 0 Å². The molecule has 1 amide bonds. The SMILES string of the molecule is CCC(C(=O)O)N(C(=O)OCc1ccccc1)c1nnnn1-c1ccccc1. The summed E-state index contributed by atoms with van der Waals surface area (Å²) in [5, 5.41) is 21.0. The maximum atomic E-state index is 12.8. The van der Waals surface area contributed by atoms with E-state index >= 15 is 0 Å². The number of amides is 1. The van der Waals surface area contributed by atoms with Crippen molar-refractivity contribution < 1.29 is 19.4 Å². The summed E-state index contributed by atoms with van der Waals surface area (Å²) in [4.78, 5) is 25.6. The van der Waals surface area contributed by atoms with Crippen molar-refractivity contribution in [1.82, 2.24) is 20.2 Å². The van der Waals surface area contributed by atoms with E-state index in [4.69, 9.17) is 4.74 Å². The van der Waals surface area contributed by atoms with Crippen LogP contribution >= 0.6 is 0 Å². The summed E-state index contributed by atoms with van der Waals surface area (Å²) in [6, 6.07) is 16.8. The van der Waals surface area contributed by atoms with Gasteiger partial charge in [0.2, 0.25) is 0 Å². The molecule has 1 aromatic heterocycles. The zero-order valence-corrected chi connectivity index (χ0v) is 15.2. The molecule has 1 heterocycles. The lowest BCUT2D eigenvalue weighted by atomic mass is 10.2. The van der Waals surface area contributed by atoms with Gasteiger partial charge in [-0.15, -0.1) is 0 Å². The highest BCUT2D eigenvalue weighted by Crippen LogP contribution is 2.21. The van der Waals surface area contributed by atoms with Crippen LogP contribution in [0.4, 0.5) is 10.7 Å². The molecule has 1 N–H and O–H groups in total. The van der Waals surface area contributed by atoms with Crippen molar-refractivity contribution in [3.05, 3.63) is 66.2 Å². The minimum Gasteiger partial charge on any atom is -0.480 e. The predicted octanol–water partition coefficient (Wildman–Crippen LogP) is 2.67. The van der Waals surface area contributed by atoms with E-state index in [0.29, 0.717) is 5.69 Å². The van der Waals surface area contributed by atoms with E-state index in [1.54, 1.807) is 43.3 Å². The number of carboxylic acid groups (broad SMARTS) is 1. The van der Waals surface area contributed by atoms with E-state index in [9.17, 15) is 14.7 Å². The van der Waals surface area contributed by atoms with Crippen LogP contribution in [0.2, 0.25) is 0 Å². The number of carbonyl (C=O) groups is 2. The lowest BCUT2D eigenvalue weighted by molar-refractivity contribution is -0.138. The quantitative estimate of drug-likeness (QED) is 0.670. The summed E-state index contributed by atoms with van der Waals surface area (Å²) < 4.78 is 6.65. The van der Waals surface area contributed by atoms with Gasteiger partial charge in [-0.25, -0.2) is 14.5 Å². The second-order valence-corrected chi connectivity index (χ2v) is 5.90. The molecule has 2 aromatic carbocycles. The molecule has 9 heteroatoms. The van der Waals surface area contributed by atoms with Gasteiger partial charge in [-0.05, 0) is 34.5 Å². The molecular formula is C19H19N5O4. The molecule has 1 atom stereocenters. The van der Waals surface area contributed by atoms with Crippen LogP contribution in [0, 0.1) is 0 Å². The number of hydrogen-bond donors (Lipinski definition) is 1. The second-order valence-electron chi connectivity index (χ2n) is 5.90. The highest BCUT2D eigenvalue weighted by Gasteiger charge is 2.35. The minimum absolute atomic E-state index is 0.000864. The molecular weight excluding hydrogens is 362 g/mol. The Hall–Kier alpha value is -3.75. The van der Waals surface area contributed by atoms with Crippen LogP contribution in [0.15, 0.2) is 60.7 Å². The predicted molar refractivity (Wildman–Crippen MR) is 100.0 cm³/mol. The van der Waals surface area contributed by atoms with Gasteiger partial charge in [-0.1, -0.05) is 60.6 Å². The molecule has 144 valence electrons. The number of carbonyl (C=O) groups excluding carboxylic acids is 1. The van der Waals surface area contributed by atoms with Crippen LogP contribution in [0.3, 0.4) is 0 Å². The van der Waals surface area contributed by atoms with Crippen LogP contribution < -0.4 is 4.90 Å². The first-order chi connectivity index (χ1) is 13.6. The summed E-state index contributed by atoms with van der Waals surface area (Å²) >= 11 is 0. The molecule has 0 bridgehead atoms. The summed E-state index contributed by atoms with van der Waals surface area (Å²) in [6.45, 7) is 1.66. The molecule has 0 aliphatic heterocycles. The van der Waals surface area contributed by atoms with Gasteiger partial charge in [0.25, 0.3) is 5.95 Å². The molecule has 3 rings (SSSR count). The number of benzene rings is 2. The fourth-order valence-electron chi connectivity index (χ4n) is 2.67. The van der Waals surface area contributed by atoms with Crippen LogP contribution in [0.25, 0.3) is 5.69 Å². The van der Waals surface area contributed by atoms with E-state index in [0.717, 1.165) is 10.5 Å². The van der Waals surface area contributed by atoms with Crippen molar-refractivity contribution >= 4 is 18.0 Å². The third-order valence-electron chi connectivity index (χ3n) is 4.05. The smallest absolute Gasteiger partial charge is 0.417 e. The highest BCUT2D eigenvalue weighted by atomic mass is 16.6. The Morgan fingerprint density at radius 1 is 1.11 bits per heavy atom. The van der Waals surface area contributed by atoms with Crippen LogP contribution in [-0.2, 0) is 16.1 Å². The molecule has 9 nitrogen and oxygen atoms in total. The number of hydrogen-bond acceptors (Lipinski definition) is 6. The van der Waals surface area contributed by atoms with Crippen molar-refractivity contribution in [3.8, 4) is 5.69 Å². The molecule has 0 aliphatic carbocycles. The van der Waals surface area contributed by atoms with Gasteiger partial charge < -0.3 is 9.84 Å². The van der Waals surface area contributed by atoms with E-state index in [-0.39, 0.29) is 19.0 Å². The minimum atomic E-state index is -1.18. The fourth-order valence-corrected chi connectivity index (χ4v) is 2.67. The van der Waals surface area contributed by atoms with E-state index in [1.807, 2.05) is 24.3 Å². The van der Waals surface area contributed by atoms with Crippen molar-refractivity contribution in [2.75, 3.05) is 4.90 Å². The largest absolute Gasteiger partial charge is 0.480 e. The van der Waals surface area contributed by atoms with Gasteiger partial charge >= 0.3 is 12.1 Å². The lowest BCUT2D eigenvalue weighted by Crippen LogP contribution is -2.46. The Kier molecular flexibility index (Phi) is 5.95. The van der Waals surface area contributed by atoms with E-state index < -0.39 is 18.1 Å². The third-order valence-corrected chi connectivity index (χ3v) is 4.05. The molecule has 3 aromatic rings. The Morgan fingerprint density at radius 2 is 1.75 bits per heavy atom. The van der Waals surface area contributed by atoms with Crippen molar-refractivity contribution in [1.29, 1.82) is 0 Å². The third kappa shape index (κ3) is 4.14. The number of nitrogens with zero attached hydrogens (tertiary/aromatic N) is 5. The highest BCUT2D eigenvalue weighted by molar-refractivity contribution is 5.93. The molecule has 0 aliphatic rings. The summed E-state index contributed by atoms with van der Waals surface area (Å²) in [5.41, 5.74) is 1.37. The summed E-state index contributed by atoms with van der Waals surface area (Å²) in [6.07, 6.45) is -0.692.